The van der Waals surface area contributed by atoms with Crippen molar-refractivity contribution in [2.45, 2.75) is 6.04 Å². The zero-order valence-electron chi connectivity index (χ0n) is 13.7. The van der Waals surface area contributed by atoms with Crippen LogP contribution in [0.1, 0.15) is 17.4 Å². The number of aryl methyl sites for hydroxylation is 1. The number of nitrogens with zero attached hydrogens (tertiary/aromatic N) is 2. The molecule has 0 bridgehead atoms. The molecule has 1 N–H and O–H groups in total. The van der Waals surface area contributed by atoms with Crippen molar-refractivity contribution in [3.8, 4) is 5.75 Å². The Hall–Kier alpha value is -3.09. The molecule has 1 aromatic heterocycles. The van der Waals surface area contributed by atoms with Gasteiger partial charge in [0.1, 0.15) is 17.6 Å². The molecule has 0 aliphatic rings. The number of hydrogen-bond acceptors (Lipinski definition) is 5. The number of rotatable bonds is 6. The number of methoxy groups -OCH3 is 2. The number of amides is 1. The number of carbonyl (C=O) groups is 2. The summed E-state index contributed by atoms with van der Waals surface area (Å²) in [4.78, 5) is 27.5. The van der Waals surface area contributed by atoms with Gasteiger partial charge in [0.15, 0.2) is 0 Å². The lowest BCUT2D eigenvalue weighted by Gasteiger charge is -2.18. The molecule has 0 saturated carbocycles. The second-order valence-electron chi connectivity index (χ2n) is 4.97. The molecule has 7 heteroatoms. The molecule has 2 aromatic rings. The van der Waals surface area contributed by atoms with Gasteiger partial charge in [-0.25, -0.2) is 9.78 Å². The van der Waals surface area contributed by atoms with Crippen molar-refractivity contribution >= 4 is 11.9 Å². The van der Waals surface area contributed by atoms with Gasteiger partial charge >= 0.3 is 5.97 Å². The van der Waals surface area contributed by atoms with E-state index in [9.17, 15) is 9.59 Å². The molecule has 7 nitrogen and oxygen atoms in total. The van der Waals surface area contributed by atoms with Crippen molar-refractivity contribution in [1.29, 1.82) is 0 Å². The topological polar surface area (TPSA) is 82.5 Å². The van der Waals surface area contributed by atoms with Gasteiger partial charge in [0.05, 0.1) is 14.2 Å². The Morgan fingerprint density at radius 1 is 1.21 bits per heavy atom. The van der Waals surface area contributed by atoms with Crippen LogP contribution in [0, 0.1) is 0 Å². The quantitative estimate of drug-likeness (QED) is 0.639. The average Bonchev–Trinajstić information content (AvgIpc) is 3.03. The summed E-state index contributed by atoms with van der Waals surface area (Å²) in [6.07, 6.45) is 5.65. The molecule has 2 rings (SSSR count). The Labute approximate surface area is 139 Å². The lowest BCUT2D eigenvalue weighted by atomic mass is 10.1. The van der Waals surface area contributed by atoms with E-state index in [1.54, 1.807) is 19.5 Å². The van der Waals surface area contributed by atoms with E-state index in [1.165, 1.54) is 7.11 Å². The number of ether oxygens (including phenoxy) is 2. The number of imidazole rings is 1. The molecular weight excluding hydrogens is 310 g/mol. The van der Waals surface area contributed by atoms with Gasteiger partial charge in [-0.05, 0) is 17.7 Å². The normalized spacial score (nSPS) is 12.0. The highest BCUT2D eigenvalue weighted by molar-refractivity contribution is 5.94. The van der Waals surface area contributed by atoms with E-state index in [4.69, 9.17) is 4.74 Å². The molecule has 0 radical (unpaired) electrons. The van der Waals surface area contributed by atoms with Gasteiger partial charge in [0.2, 0.25) is 5.91 Å². The van der Waals surface area contributed by atoms with Crippen LogP contribution in [-0.4, -0.2) is 35.6 Å². The predicted octanol–water partition coefficient (Wildman–Crippen LogP) is 1.36. The van der Waals surface area contributed by atoms with Gasteiger partial charge in [-0.15, -0.1) is 0 Å². The molecule has 1 heterocycles. The van der Waals surface area contributed by atoms with Crippen LogP contribution >= 0.6 is 0 Å². The maximum Gasteiger partial charge on any atom is 0.330 e. The lowest BCUT2D eigenvalue weighted by molar-refractivity contribution is -0.135. The number of carbonyl (C=O) groups excluding carboxylic acids is 2. The molecule has 24 heavy (non-hydrogen) atoms. The minimum Gasteiger partial charge on any atom is -0.497 e. The molecule has 1 amide bonds. The highest BCUT2D eigenvalue weighted by Crippen LogP contribution is 2.22. The van der Waals surface area contributed by atoms with Gasteiger partial charge in [-0.3, -0.25) is 4.79 Å². The number of esters is 1. The van der Waals surface area contributed by atoms with Crippen LogP contribution in [0.15, 0.2) is 48.8 Å². The lowest BCUT2D eigenvalue weighted by Crippen LogP contribution is -2.29. The van der Waals surface area contributed by atoms with Crippen LogP contribution in [0.2, 0.25) is 0 Å². The minimum atomic E-state index is -0.594. The smallest absolute Gasteiger partial charge is 0.330 e. The first-order chi connectivity index (χ1) is 11.5. The molecule has 1 aromatic carbocycles. The fourth-order valence-electron chi connectivity index (χ4n) is 2.15. The fraction of sp³-hybridized carbons (Fsp3) is 0.235. The summed E-state index contributed by atoms with van der Waals surface area (Å²) in [5, 5.41) is 2.84. The first kappa shape index (κ1) is 17.3. The summed E-state index contributed by atoms with van der Waals surface area (Å²) in [5.41, 5.74) is 0.838. The molecular formula is C17H19N3O4. The van der Waals surface area contributed by atoms with Crippen LogP contribution in [0.4, 0.5) is 0 Å². The fourth-order valence-corrected chi connectivity index (χ4v) is 2.15. The third-order valence-electron chi connectivity index (χ3n) is 3.42. The third-order valence-corrected chi connectivity index (χ3v) is 3.42. The maximum absolute atomic E-state index is 12.1. The molecule has 0 aliphatic heterocycles. The molecule has 0 saturated heterocycles. The SMILES string of the molecule is COC(=O)/C=C/C(=O)NC(c1ccc(OC)cc1)c1nccn1C. The number of benzene rings is 1. The first-order valence-electron chi connectivity index (χ1n) is 7.23. The van der Waals surface area contributed by atoms with Crippen LogP contribution in [0.25, 0.3) is 0 Å². The molecule has 1 unspecified atom stereocenters. The van der Waals surface area contributed by atoms with Gasteiger partial charge in [-0.2, -0.15) is 0 Å². The van der Waals surface area contributed by atoms with E-state index in [0.29, 0.717) is 11.6 Å². The summed E-state index contributed by atoms with van der Waals surface area (Å²) in [6, 6.07) is 6.85. The monoisotopic (exact) mass is 329 g/mol. The molecule has 126 valence electrons. The second kappa shape index (κ2) is 7.96. The Morgan fingerprint density at radius 3 is 2.46 bits per heavy atom. The van der Waals surface area contributed by atoms with Crippen molar-refractivity contribution in [1.82, 2.24) is 14.9 Å². The summed E-state index contributed by atoms with van der Waals surface area (Å²) in [7, 11) is 4.68. The highest BCUT2D eigenvalue weighted by Gasteiger charge is 2.20. The third kappa shape index (κ3) is 4.22. The van der Waals surface area contributed by atoms with E-state index >= 15 is 0 Å². The second-order valence-corrected chi connectivity index (χ2v) is 4.97. The van der Waals surface area contributed by atoms with Crippen LogP contribution in [0.5, 0.6) is 5.75 Å². The van der Waals surface area contributed by atoms with Crippen LogP contribution in [0.3, 0.4) is 0 Å². The van der Waals surface area contributed by atoms with Gasteiger partial charge in [0, 0.05) is 31.6 Å². The van der Waals surface area contributed by atoms with Crippen molar-refractivity contribution in [2.24, 2.45) is 7.05 Å². The summed E-state index contributed by atoms with van der Waals surface area (Å²) in [6.45, 7) is 0. The minimum absolute atomic E-state index is 0.427. The van der Waals surface area contributed by atoms with Gasteiger partial charge in [-0.1, -0.05) is 12.1 Å². The van der Waals surface area contributed by atoms with E-state index in [2.05, 4.69) is 15.0 Å². The zero-order chi connectivity index (χ0) is 17.5. The van der Waals surface area contributed by atoms with E-state index in [-0.39, 0.29) is 0 Å². The Kier molecular flexibility index (Phi) is 5.73. The molecule has 0 fully saturated rings. The summed E-state index contributed by atoms with van der Waals surface area (Å²) in [5.74, 6) is 0.363. The standard InChI is InChI=1S/C17H19N3O4/c1-20-11-10-18-17(20)16(12-4-6-13(23-2)7-5-12)19-14(21)8-9-15(22)24-3/h4-11,16H,1-3H3,(H,19,21)/b9-8+. The van der Waals surface area contributed by atoms with E-state index in [1.807, 2.05) is 35.9 Å². The first-order valence-corrected chi connectivity index (χ1v) is 7.23. The van der Waals surface area contributed by atoms with Crippen molar-refractivity contribution in [2.75, 3.05) is 14.2 Å². The van der Waals surface area contributed by atoms with Crippen molar-refractivity contribution in [3.05, 3.63) is 60.2 Å². The summed E-state index contributed by atoms with van der Waals surface area (Å²) >= 11 is 0. The Balaban J connectivity index is 2.26. The zero-order valence-corrected chi connectivity index (χ0v) is 13.7. The van der Waals surface area contributed by atoms with Crippen LogP contribution < -0.4 is 10.1 Å². The van der Waals surface area contributed by atoms with E-state index in [0.717, 1.165) is 17.7 Å². The maximum atomic E-state index is 12.1. The molecule has 1 atom stereocenters. The van der Waals surface area contributed by atoms with E-state index < -0.39 is 17.9 Å². The summed E-state index contributed by atoms with van der Waals surface area (Å²) < 4.78 is 11.4. The number of aromatic nitrogens is 2. The Morgan fingerprint density at radius 2 is 1.92 bits per heavy atom. The molecule has 0 aliphatic carbocycles. The van der Waals surface area contributed by atoms with Gasteiger partial charge < -0.3 is 19.4 Å². The van der Waals surface area contributed by atoms with Crippen molar-refractivity contribution in [3.63, 3.8) is 0 Å². The Bertz CT molecular complexity index is 735. The number of nitrogens with one attached hydrogen (secondary N) is 1. The largest absolute Gasteiger partial charge is 0.497 e. The highest BCUT2D eigenvalue weighted by atomic mass is 16.5. The molecule has 0 spiro atoms. The van der Waals surface area contributed by atoms with Crippen molar-refractivity contribution < 1.29 is 19.1 Å². The number of hydrogen-bond donors (Lipinski definition) is 1. The van der Waals surface area contributed by atoms with Crippen LogP contribution in [-0.2, 0) is 21.4 Å². The van der Waals surface area contributed by atoms with Gasteiger partial charge in [0.25, 0.3) is 0 Å². The average molecular weight is 329 g/mol. The predicted molar refractivity (Wildman–Crippen MR) is 87.3 cm³/mol.